The molecule has 0 radical (unpaired) electrons. The number of carbonyl (C=O) groups excluding carboxylic acids is 3. The second-order valence-electron chi connectivity index (χ2n) is 23.1. The lowest BCUT2D eigenvalue weighted by atomic mass is 9.98. The largest absolute Gasteiger partial charge is 0.479 e. The first kappa shape index (κ1) is 77.2. The SMILES string of the molecule is CC/C=C\C/C=C\C/C=C\C/C=C\CCCCC(=O)OC1C(OCC(COC(=O)CCCCCCCCCCC/C=C\CCCCCCCC)OC(=O)CCCCCCCCCCC/C=C\CCCCCCCC)OC(C(=O)O)C(O)C1O. The van der Waals surface area contributed by atoms with Crippen molar-refractivity contribution in [1.29, 1.82) is 0 Å². The molecule has 1 fully saturated rings. The Hall–Kier alpha value is -3.84. The number of carbonyl (C=O) groups is 4. The van der Waals surface area contributed by atoms with Crippen molar-refractivity contribution in [1.82, 2.24) is 0 Å². The van der Waals surface area contributed by atoms with E-state index in [9.17, 15) is 34.5 Å². The van der Waals surface area contributed by atoms with Crippen molar-refractivity contribution in [3.8, 4) is 0 Å². The predicted octanol–water partition coefficient (Wildman–Crippen LogP) is 18.5. The van der Waals surface area contributed by atoms with Gasteiger partial charge in [0.1, 0.15) is 18.8 Å². The highest BCUT2D eigenvalue weighted by Gasteiger charge is 2.50. The van der Waals surface area contributed by atoms with Crippen LogP contribution in [-0.2, 0) is 42.9 Å². The molecule has 12 heteroatoms. The van der Waals surface area contributed by atoms with Crippen LogP contribution >= 0.6 is 0 Å². The quantitative estimate of drug-likeness (QED) is 0.0228. The second-order valence-corrected chi connectivity index (χ2v) is 23.1. The fourth-order valence-corrected chi connectivity index (χ4v) is 10.1. The van der Waals surface area contributed by atoms with Crippen LogP contribution in [-0.4, -0.2) is 89.2 Å². The van der Waals surface area contributed by atoms with Gasteiger partial charge in [0.25, 0.3) is 0 Å². The summed E-state index contributed by atoms with van der Waals surface area (Å²) < 4.78 is 28.5. The normalized spacial score (nSPS) is 18.0. The van der Waals surface area contributed by atoms with Crippen LogP contribution in [0.1, 0.15) is 303 Å². The van der Waals surface area contributed by atoms with Crippen LogP contribution in [0.4, 0.5) is 0 Å². The average Bonchev–Trinajstić information content (AvgIpc) is 3.57. The number of rotatable bonds is 58. The van der Waals surface area contributed by atoms with Crippen LogP contribution in [0.5, 0.6) is 0 Å². The summed E-state index contributed by atoms with van der Waals surface area (Å²) in [4.78, 5) is 51.4. The lowest BCUT2D eigenvalue weighted by molar-refractivity contribution is -0.301. The van der Waals surface area contributed by atoms with E-state index < -0.39 is 67.3 Å². The molecule has 1 rings (SSSR count). The minimum atomic E-state index is -1.92. The van der Waals surface area contributed by atoms with E-state index in [0.29, 0.717) is 25.7 Å². The monoisotopic (exact) mass is 1170 g/mol. The van der Waals surface area contributed by atoms with Gasteiger partial charge in [0.05, 0.1) is 6.61 Å². The van der Waals surface area contributed by atoms with Crippen LogP contribution < -0.4 is 0 Å². The minimum absolute atomic E-state index is 0.00721. The zero-order chi connectivity index (χ0) is 60.3. The number of ether oxygens (including phenoxy) is 5. The fourth-order valence-electron chi connectivity index (χ4n) is 10.1. The molecule has 0 aromatic rings. The first-order valence-electron chi connectivity index (χ1n) is 33.9. The third kappa shape index (κ3) is 48.0. The molecule has 83 heavy (non-hydrogen) atoms. The number of hydrogen-bond donors (Lipinski definition) is 3. The summed E-state index contributed by atoms with van der Waals surface area (Å²) in [5, 5.41) is 31.6. The Kier molecular flexibility index (Phi) is 54.4. The molecule has 0 aromatic carbocycles. The van der Waals surface area contributed by atoms with E-state index in [4.69, 9.17) is 23.7 Å². The van der Waals surface area contributed by atoms with Crippen LogP contribution in [0.15, 0.2) is 72.9 Å². The third-order valence-electron chi connectivity index (χ3n) is 15.2. The number of aliphatic hydroxyl groups is 2. The molecule has 0 bridgehead atoms. The first-order valence-corrected chi connectivity index (χ1v) is 33.9. The molecule has 1 saturated heterocycles. The number of allylic oxidation sites excluding steroid dienone is 12. The summed E-state index contributed by atoms with van der Waals surface area (Å²) in [7, 11) is 0. The number of carboxylic acid groups (broad SMARTS) is 1. The molecule has 0 aliphatic carbocycles. The summed E-state index contributed by atoms with van der Waals surface area (Å²) in [6, 6.07) is 0. The molecule has 0 amide bonds. The molecular formula is C71H122O12. The maximum atomic E-state index is 13.2. The van der Waals surface area contributed by atoms with Crippen LogP contribution in [0.3, 0.4) is 0 Å². The number of hydrogen-bond acceptors (Lipinski definition) is 11. The van der Waals surface area contributed by atoms with Gasteiger partial charge in [-0.1, -0.05) is 248 Å². The molecule has 0 aromatic heterocycles. The summed E-state index contributed by atoms with van der Waals surface area (Å²) in [6.07, 6.45) is 62.9. The Balaban J connectivity index is 2.66. The average molecular weight is 1170 g/mol. The molecule has 1 heterocycles. The molecule has 0 spiro atoms. The summed E-state index contributed by atoms with van der Waals surface area (Å²) in [5.41, 5.74) is 0. The highest BCUT2D eigenvalue weighted by molar-refractivity contribution is 5.74. The number of aliphatic carboxylic acids is 1. The van der Waals surface area contributed by atoms with Crippen LogP contribution in [0.2, 0.25) is 0 Å². The van der Waals surface area contributed by atoms with Crippen LogP contribution in [0.25, 0.3) is 0 Å². The summed E-state index contributed by atoms with van der Waals surface area (Å²) >= 11 is 0. The van der Waals surface area contributed by atoms with E-state index >= 15 is 0 Å². The Morgan fingerprint density at radius 3 is 1.19 bits per heavy atom. The van der Waals surface area contributed by atoms with Gasteiger partial charge in [-0.25, -0.2) is 4.79 Å². The fraction of sp³-hybridized carbons (Fsp3) is 0.775. The molecule has 6 atom stereocenters. The van der Waals surface area contributed by atoms with Gasteiger partial charge in [-0.15, -0.1) is 0 Å². The molecule has 12 nitrogen and oxygen atoms in total. The van der Waals surface area contributed by atoms with Gasteiger partial charge in [0.2, 0.25) is 0 Å². The Morgan fingerprint density at radius 1 is 0.410 bits per heavy atom. The third-order valence-corrected chi connectivity index (χ3v) is 15.2. The minimum Gasteiger partial charge on any atom is -0.479 e. The van der Waals surface area contributed by atoms with E-state index in [2.05, 4.69) is 93.7 Å². The standard InChI is InChI=1S/C71H122O12/c1-4-7-10-13-16-19-22-25-28-30-32-34-37-39-42-45-48-51-54-57-63(72)79-60-62(81-64(73)58-55-52-49-46-43-41-38-35-33-31-29-26-23-20-17-14-11-8-5-2)61-80-71-69(67(76)66(75)68(83-71)70(77)78)82-65(74)59-56-53-50-47-44-40-36-27-24-21-18-15-12-9-6-3/h9,12,18,21,25-29,36,44,47,62,66-69,71,75-76H,4-8,10-11,13-17,19-20,22-24,30-35,37-43,45-46,48-61H2,1-3H3,(H,77,78)/b12-9-,21-18-,28-25-,29-26-,36-27-,47-44-. The molecule has 1 aliphatic heterocycles. The number of carboxylic acids is 1. The lowest BCUT2D eigenvalue weighted by Gasteiger charge is -2.40. The van der Waals surface area contributed by atoms with Crippen molar-refractivity contribution in [2.24, 2.45) is 0 Å². The molecule has 1 aliphatic rings. The van der Waals surface area contributed by atoms with E-state index in [1.165, 1.54) is 161 Å². The van der Waals surface area contributed by atoms with Crippen molar-refractivity contribution in [3.63, 3.8) is 0 Å². The van der Waals surface area contributed by atoms with E-state index in [-0.39, 0.29) is 25.9 Å². The highest BCUT2D eigenvalue weighted by atomic mass is 16.7. The Morgan fingerprint density at radius 2 is 0.759 bits per heavy atom. The van der Waals surface area contributed by atoms with Gasteiger partial charge >= 0.3 is 23.9 Å². The molecule has 0 saturated carbocycles. The van der Waals surface area contributed by atoms with E-state index in [1.807, 2.05) is 0 Å². The van der Waals surface area contributed by atoms with Gasteiger partial charge in [-0.3, -0.25) is 14.4 Å². The van der Waals surface area contributed by atoms with Gasteiger partial charge < -0.3 is 39.0 Å². The number of esters is 3. The van der Waals surface area contributed by atoms with Gasteiger partial charge in [0.15, 0.2) is 24.6 Å². The Labute approximate surface area is 506 Å². The number of unbranched alkanes of at least 4 members (excludes halogenated alkanes) is 32. The predicted molar refractivity (Wildman–Crippen MR) is 340 cm³/mol. The van der Waals surface area contributed by atoms with Gasteiger partial charge in [0, 0.05) is 19.3 Å². The summed E-state index contributed by atoms with van der Waals surface area (Å²) in [6.45, 7) is 5.89. The molecule has 478 valence electrons. The zero-order valence-corrected chi connectivity index (χ0v) is 52.9. The van der Waals surface area contributed by atoms with Crippen LogP contribution in [0, 0.1) is 0 Å². The van der Waals surface area contributed by atoms with Gasteiger partial charge in [-0.05, 0) is 109 Å². The smallest absolute Gasteiger partial charge is 0.335 e. The highest BCUT2D eigenvalue weighted by Crippen LogP contribution is 2.27. The first-order chi connectivity index (χ1) is 40.6. The maximum absolute atomic E-state index is 13.2. The van der Waals surface area contributed by atoms with Crippen molar-refractivity contribution < 1.29 is 58.2 Å². The molecular weight excluding hydrogens is 1040 g/mol. The maximum Gasteiger partial charge on any atom is 0.335 e. The van der Waals surface area contributed by atoms with Crippen molar-refractivity contribution >= 4 is 23.9 Å². The van der Waals surface area contributed by atoms with Crippen molar-refractivity contribution in [3.05, 3.63) is 72.9 Å². The molecule has 3 N–H and O–H groups in total. The van der Waals surface area contributed by atoms with Crippen molar-refractivity contribution in [2.45, 2.75) is 340 Å². The Bertz CT molecular complexity index is 1720. The van der Waals surface area contributed by atoms with E-state index in [1.54, 1.807) is 0 Å². The lowest BCUT2D eigenvalue weighted by Crippen LogP contribution is -2.61. The van der Waals surface area contributed by atoms with Gasteiger partial charge in [-0.2, -0.15) is 0 Å². The second kappa shape index (κ2) is 58.5. The van der Waals surface area contributed by atoms with Crippen molar-refractivity contribution in [2.75, 3.05) is 13.2 Å². The summed E-state index contributed by atoms with van der Waals surface area (Å²) in [5.74, 6) is -3.16. The zero-order valence-electron chi connectivity index (χ0n) is 52.9. The topological polar surface area (TPSA) is 175 Å². The molecule has 6 unspecified atom stereocenters. The number of aliphatic hydroxyl groups excluding tert-OH is 2. The van der Waals surface area contributed by atoms with E-state index in [0.717, 1.165) is 77.0 Å².